The van der Waals surface area contributed by atoms with Crippen LogP contribution in [-0.4, -0.2) is 148 Å². The molecule has 0 aromatic carbocycles. The largest absolute Gasteiger partial charge is 0.479 e. The molecule has 5 aliphatic rings. The lowest BCUT2D eigenvalue weighted by molar-refractivity contribution is -0.376. The van der Waals surface area contributed by atoms with Crippen molar-refractivity contribution in [1.82, 2.24) is 0 Å². The van der Waals surface area contributed by atoms with Crippen LogP contribution in [0.4, 0.5) is 0 Å². The zero-order chi connectivity index (χ0) is 48.1. The quantitative estimate of drug-likeness (QED) is 0.0666. The van der Waals surface area contributed by atoms with Gasteiger partial charge in [0, 0.05) is 33.7 Å². The molecular formula is C37H59N9O18S. The van der Waals surface area contributed by atoms with Crippen LogP contribution < -0.4 is 0 Å². The first-order valence-electron chi connectivity index (χ1n) is 21.2. The number of aliphatic carboxylic acids is 1. The number of rotatable bonds is 17. The van der Waals surface area contributed by atoms with Crippen LogP contribution in [0.2, 0.25) is 0 Å². The summed E-state index contributed by atoms with van der Waals surface area (Å²) in [7, 11) is -3.84. The van der Waals surface area contributed by atoms with Gasteiger partial charge in [0.1, 0.15) is 18.3 Å². The van der Waals surface area contributed by atoms with Crippen LogP contribution in [0.5, 0.6) is 0 Å². The number of carbonyl (C=O) groups is 2. The molecule has 0 spiro atoms. The smallest absolute Gasteiger partial charge is 0.397 e. The van der Waals surface area contributed by atoms with E-state index >= 15 is 0 Å². The zero-order valence-corrected chi connectivity index (χ0v) is 38.3. The van der Waals surface area contributed by atoms with E-state index in [1.165, 1.54) is 14.0 Å². The van der Waals surface area contributed by atoms with E-state index in [0.29, 0.717) is 0 Å². The molecule has 0 bridgehead atoms. The summed E-state index contributed by atoms with van der Waals surface area (Å²) in [4.78, 5) is 33.3. The van der Waals surface area contributed by atoms with Gasteiger partial charge in [-0.2, -0.15) is 8.42 Å². The molecule has 27 nitrogen and oxygen atoms in total. The van der Waals surface area contributed by atoms with Gasteiger partial charge >= 0.3 is 16.4 Å². The maximum Gasteiger partial charge on any atom is 0.397 e. The van der Waals surface area contributed by atoms with Gasteiger partial charge in [-0.05, 0) is 67.5 Å². The van der Waals surface area contributed by atoms with E-state index in [2.05, 4.69) is 30.1 Å². The van der Waals surface area contributed by atoms with E-state index in [1.807, 2.05) is 20.8 Å². The van der Waals surface area contributed by atoms with Gasteiger partial charge in [0.15, 0.2) is 37.6 Å². The van der Waals surface area contributed by atoms with E-state index in [0.717, 1.165) is 0 Å². The van der Waals surface area contributed by atoms with Crippen molar-refractivity contribution in [3.8, 4) is 0 Å². The molecule has 5 rings (SSSR count). The number of carboxylic acid groups (broad SMARTS) is 1. The van der Waals surface area contributed by atoms with E-state index in [-0.39, 0.29) is 30.8 Å². The highest BCUT2D eigenvalue weighted by molar-refractivity contribution is 7.80. The summed E-state index contributed by atoms with van der Waals surface area (Å²) in [5.74, 6) is -4.26. The molecule has 28 heteroatoms. The lowest BCUT2D eigenvalue weighted by atomic mass is 9.82. The van der Waals surface area contributed by atoms with Crippen LogP contribution in [0, 0.1) is 35.5 Å². The Balaban J connectivity index is 1.33. The Morgan fingerprint density at radius 3 is 1.78 bits per heavy atom. The maximum absolute atomic E-state index is 12.7. The standard InChI is InChI=1S/C37H59N9O18S/c1-13-14(2)24(42-45-39)35(55-19(13)7)60-27-15(3)16(4)32(62-30(27)31(48)49)58-23-11-22(41-44-38)33(56-20(23)8)61-28-18(6)29(64-65(50,51)52)37(63-36(28)54-12-47)59-26-17(5)25(43-46-40)34(53-10)57-21(26)9/h12-30,32-37H,11H2,1-10H3,(H,48,49)(H,50,51,52)/t13-,14-,15+,16?,17+,18-,19-,20?,21?,22?,23-,24?,25?,26-,27-,28-,29?,30+,32+,33+,34-,35+,36?,37+/m0/s1. The van der Waals surface area contributed by atoms with Crippen molar-refractivity contribution in [1.29, 1.82) is 0 Å². The Labute approximate surface area is 375 Å². The van der Waals surface area contributed by atoms with Gasteiger partial charge in [0.2, 0.25) is 6.29 Å². The molecule has 366 valence electrons. The molecule has 0 aliphatic carbocycles. The SMILES string of the molecule is CO[C@H]1OC(C)[C@@H](O[C@@H]2OC(OC=O)[C@@H](O[C@H]3OC(C)[C@@H](O[C@@H]4O[C@@H](C(=O)O)[C@@H](O[C@H]5O[C@@H](C)[C@@H](C)[C@H](C)C5N=[N+]=[N-])[C@H](C)C4C)CC3N=[N+]=[N-])[C@H](C)C2OS(=O)(=O)O)[C@H](C)C1N=[N+]=[N-]. The van der Waals surface area contributed by atoms with Crippen LogP contribution in [0.1, 0.15) is 68.7 Å². The predicted octanol–water partition coefficient (Wildman–Crippen LogP) is 4.50. The normalized spacial score (nSPS) is 45.8. The lowest BCUT2D eigenvalue weighted by Crippen LogP contribution is -2.62. The van der Waals surface area contributed by atoms with E-state index in [9.17, 15) is 44.3 Å². The third kappa shape index (κ3) is 11.9. The highest BCUT2D eigenvalue weighted by atomic mass is 32.3. The van der Waals surface area contributed by atoms with Crippen molar-refractivity contribution in [2.75, 3.05) is 7.11 Å². The summed E-state index contributed by atoms with van der Waals surface area (Å²) in [5, 5.41) is 21.9. The minimum Gasteiger partial charge on any atom is -0.479 e. The summed E-state index contributed by atoms with van der Waals surface area (Å²) in [6.07, 6.45) is -17.4. The van der Waals surface area contributed by atoms with Crippen LogP contribution in [0.3, 0.4) is 0 Å². The van der Waals surface area contributed by atoms with Crippen molar-refractivity contribution in [2.45, 2.75) is 180 Å². The van der Waals surface area contributed by atoms with Gasteiger partial charge < -0.3 is 57.2 Å². The fourth-order valence-corrected chi connectivity index (χ4v) is 9.62. The highest BCUT2D eigenvalue weighted by Crippen LogP contribution is 2.42. The van der Waals surface area contributed by atoms with Crippen LogP contribution in [0.25, 0.3) is 31.3 Å². The van der Waals surface area contributed by atoms with Gasteiger partial charge in [-0.3, -0.25) is 9.35 Å². The minimum atomic E-state index is -5.20. The highest BCUT2D eigenvalue weighted by Gasteiger charge is 2.55. The van der Waals surface area contributed by atoms with Gasteiger partial charge in [0.05, 0.1) is 48.6 Å². The van der Waals surface area contributed by atoms with Crippen molar-refractivity contribution in [3.63, 3.8) is 0 Å². The molecule has 24 atom stereocenters. The summed E-state index contributed by atoms with van der Waals surface area (Å²) >= 11 is 0. The molecule has 0 saturated carbocycles. The van der Waals surface area contributed by atoms with Gasteiger partial charge in [-0.15, -0.1) is 0 Å². The van der Waals surface area contributed by atoms with Gasteiger partial charge in [-0.25, -0.2) is 8.98 Å². The van der Waals surface area contributed by atoms with Crippen LogP contribution >= 0.6 is 0 Å². The third-order valence-corrected chi connectivity index (χ3v) is 13.9. The summed E-state index contributed by atoms with van der Waals surface area (Å²) < 4.78 is 105. The topological polar surface area (TPSA) is 366 Å². The first-order chi connectivity index (χ1) is 30.7. The first-order valence-corrected chi connectivity index (χ1v) is 22.6. The minimum absolute atomic E-state index is 0.0204. The fraction of sp³-hybridized carbons (Fsp3) is 0.946. The van der Waals surface area contributed by atoms with Crippen LogP contribution in [0.15, 0.2) is 15.3 Å². The Kier molecular flexibility index (Phi) is 18.0. The van der Waals surface area contributed by atoms with Gasteiger partial charge in [0.25, 0.3) is 6.47 Å². The second-order valence-corrected chi connectivity index (χ2v) is 18.3. The number of hydrogen-bond donors (Lipinski definition) is 2. The molecule has 5 aliphatic heterocycles. The fourth-order valence-electron chi connectivity index (χ4n) is 9.07. The number of methoxy groups -OCH3 is 1. The molecule has 5 heterocycles. The van der Waals surface area contributed by atoms with Crippen LogP contribution in [-0.2, 0) is 76.3 Å². The number of azide groups is 3. The molecule has 5 saturated heterocycles. The number of carboxylic acids is 1. The maximum atomic E-state index is 12.7. The molecule has 65 heavy (non-hydrogen) atoms. The predicted molar refractivity (Wildman–Crippen MR) is 216 cm³/mol. The molecule has 0 aromatic rings. The second-order valence-electron chi connectivity index (χ2n) is 17.3. The zero-order valence-electron chi connectivity index (χ0n) is 37.5. The average Bonchev–Trinajstić information content (AvgIpc) is 3.24. The van der Waals surface area contributed by atoms with Crippen molar-refractivity contribution < 1.29 is 84.0 Å². The summed E-state index contributed by atoms with van der Waals surface area (Å²) in [5.41, 5.74) is 28.1. The first kappa shape index (κ1) is 52.3. The Morgan fingerprint density at radius 2 is 1.20 bits per heavy atom. The molecule has 5 fully saturated rings. The number of nitrogens with zero attached hydrogens (tertiary/aromatic N) is 9. The van der Waals surface area contributed by atoms with E-state index in [4.69, 9.17) is 56.3 Å². The number of carbonyl (C=O) groups excluding carboxylic acids is 1. The van der Waals surface area contributed by atoms with Gasteiger partial charge in [-0.1, -0.05) is 56.9 Å². The van der Waals surface area contributed by atoms with Crippen molar-refractivity contribution in [3.05, 3.63) is 31.3 Å². The van der Waals surface area contributed by atoms with Crippen molar-refractivity contribution in [2.24, 2.45) is 50.9 Å². The Morgan fingerprint density at radius 1 is 0.615 bits per heavy atom. The third-order valence-electron chi connectivity index (χ3n) is 13.4. The Bertz CT molecular complexity index is 1910. The summed E-state index contributed by atoms with van der Waals surface area (Å²) in [6, 6.07) is -2.80. The van der Waals surface area contributed by atoms with E-state index in [1.54, 1.807) is 34.6 Å². The van der Waals surface area contributed by atoms with Crippen molar-refractivity contribution >= 4 is 22.8 Å². The Hall–Kier alpha value is -3.66. The molecule has 0 amide bonds. The number of ether oxygens (including phenoxy) is 11. The molecule has 2 N–H and O–H groups in total. The lowest BCUT2D eigenvalue weighted by Gasteiger charge is -2.49. The second kappa shape index (κ2) is 22.4. The molecule has 0 aromatic heterocycles. The average molecular weight is 950 g/mol. The molecular weight excluding hydrogens is 891 g/mol. The monoisotopic (exact) mass is 949 g/mol. The number of hydrogen-bond acceptors (Lipinski definition) is 19. The van der Waals surface area contributed by atoms with E-state index < -0.39 is 145 Å². The summed E-state index contributed by atoms with van der Waals surface area (Å²) in [6.45, 7) is 15.7. The molecule has 8 unspecified atom stereocenters. The molecule has 0 radical (unpaired) electrons.